The fraction of sp³-hybridized carbons (Fsp3) is 0.200. The van der Waals surface area contributed by atoms with Crippen LogP contribution in [-0.4, -0.2) is 9.13 Å². The van der Waals surface area contributed by atoms with Gasteiger partial charge in [-0.2, -0.15) is 0 Å². The van der Waals surface area contributed by atoms with Crippen LogP contribution in [0.2, 0.25) is 0 Å². The van der Waals surface area contributed by atoms with E-state index in [0.29, 0.717) is 13.2 Å². The van der Waals surface area contributed by atoms with Gasteiger partial charge >= 0.3 is 0 Å². The Labute approximate surface area is 192 Å². The van der Waals surface area contributed by atoms with Gasteiger partial charge in [-0.3, -0.25) is 0 Å². The van der Waals surface area contributed by atoms with Crippen LogP contribution in [0, 0.1) is 0 Å². The van der Waals surface area contributed by atoms with Crippen molar-refractivity contribution in [2.45, 2.75) is 39.1 Å². The number of fused-ring (bicyclic) bond motifs is 2. The van der Waals surface area contributed by atoms with Crippen molar-refractivity contribution in [3.05, 3.63) is 96.1 Å². The molecule has 2 aromatic heterocycles. The molecule has 162 valence electrons. The van der Waals surface area contributed by atoms with Crippen molar-refractivity contribution in [1.82, 2.24) is 9.13 Å². The highest BCUT2D eigenvalue weighted by Crippen LogP contribution is 2.32. The van der Waals surface area contributed by atoms with Crippen molar-refractivity contribution in [2.75, 3.05) is 0 Å². The van der Waals surface area contributed by atoms with E-state index in [1.807, 2.05) is 0 Å². The minimum absolute atomic E-state index is 0.620. The van der Waals surface area contributed by atoms with Gasteiger partial charge in [0.15, 0.2) is 0 Å². The molecule has 33 heavy (non-hydrogen) atoms. The minimum Gasteiger partial charge on any atom is -0.372 e. The van der Waals surface area contributed by atoms with E-state index in [0.717, 1.165) is 25.9 Å². The second-order valence-corrected chi connectivity index (χ2v) is 9.24. The second kappa shape index (κ2) is 7.50. The fourth-order valence-electron chi connectivity index (χ4n) is 5.69. The highest BCUT2D eigenvalue weighted by atomic mass is 16.5. The monoisotopic (exact) mass is 430 g/mol. The van der Waals surface area contributed by atoms with E-state index >= 15 is 0 Å². The summed E-state index contributed by atoms with van der Waals surface area (Å²) in [6, 6.07) is 31.3. The van der Waals surface area contributed by atoms with Crippen LogP contribution in [0.3, 0.4) is 0 Å². The number of aromatic nitrogens is 2. The number of hydrogen-bond donors (Lipinski definition) is 0. The Bertz CT molecular complexity index is 1530. The van der Waals surface area contributed by atoms with Crippen molar-refractivity contribution in [1.29, 1.82) is 0 Å². The van der Waals surface area contributed by atoms with Crippen LogP contribution in [0.4, 0.5) is 0 Å². The van der Waals surface area contributed by atoms with E-state index < -0.39 is 0 Å². The van der Waals surface area contributed by atoms with Crippen molar-refractivity contribution in [3.8, 4) is 0 Å². The average Bonchev–Trinajstić information content (AvgIpc) is 3.34. The van der Waals surface area contributed by atoms with Crippen molar-refractivity contribution >= 4 is 43.6 Å². The third-order valence-electron chi connectivity index (χ3n) is 7.22. The Balaban J connectivity index is 1.37. The molecule has 8 bridgehead atoms. The number of para-hydroxylation sites is 2. The highest BCUT2D eigenvalue weighted by Gasteiger charge is 2.14. The maximum Gasteiger partial charge on any atom is 0.0721 e. The van der Waals surface area contributed by atoms with Crippen molar-refractivity contribution < 1.29 is 4.74 Å². The lowest BCUT2D eigenvalue weighted by molar-refractivity contribution is 0.107. The van der Waals surface area contributed by atoms with E-state index in [-0.39, 0.29) is 0 Å². The van der Waals surface area contributed by atoms with Crippen LogP contribution in [0.15, 0.2) is 84.9 Å². The Morgan fingerprint density at radius 2 is 0.939 bits per heavy atom. The molecular weight excluding hydrogens is 404 g/mol. The van der Waals surface area contributed by atoms with E-state index in [2.05, 4.69) is 94.1 Å². The third-order valence-corrected chi connectivity index (χ3v) is 7.22. The summed E-state index contributed by atoms with van der Waals surface area (Å²) in [5.41, 5.74) is 7.76. The quantitative estimate of drug-likeness (QED) is 0.245. The molecular formula is C30H26N2O. The van der Waals surface area contributed by atoms with E-state index in [9.17, 15) is 0 Å². The minimum atomic E-state index is 0.620. The molecule has 4 aromatic carbocycles. The molecule has 0 aliphatic carbocycles. The summed E-state index contributed by atoms with van der Waals surface area (Å²) in [6.07, 6.45) is 2.29. The zero-order chi connectivity index (χ0) is 21.8. The van der Waals surface area contributed by atoms with Crippen LogP contribution in [0.25, 0.3) is 43.6 Å². The zero-order valence-corrected chi connectivity index (χ0v) is 18.6. The SMILES string of the molecule is c1ccc2c(c1)c1cc3ccc1n2CCCCn1c2ccccc2c2cc(ccc21)COC3. The molecule has 6 heterocycles. The molecule has 0 saturated carbocycles. The lowest BCUT2D eigenvalue weighted by atomic mass is 10.1. The molecule has 0 amide bonds. The molecule has 3 nitrogen and oxygen atoms in total. The van der Waals surface area contributed by atoms with Gasteiger partial charge in [-0.05, 0) is 60.4 Å². The Kier molecular flexibility index (Phi) is 4.31. The lowest BCUT2D eigenvalue weighted by Gasteiger charge is -2.10. The van der Waals surface area contributed by atoms with E-state index in [4.69, 9.17) is 4.74 Å². The summed E-state index contributed by atoms with van der Waals surface area (Å²) < 4.78 is 11.2. The second-order valence-electron chi connectivity index (χ2n) is 9.24. The molecule has 6 aromatic rings. The van der Waals surface area contributed by atoms with Crippen LogP contribution in [0.1, 0.15) is 24.0 Å². The smallest absolute Gasteiger partial charge is 0.0721 e. The molecule has 4 aliphatic rings. The molecule has 0 unspecified atom stereocenters. The maximum atomic E-state index is 6.19. The summed E-state index contributed by atoms with van der Waals surface area (Å²) in [5.74, 6) is 0. The van der Waals surface area contributed by atoms with Gasteiger partial charge in [-0.1, -0.05) is 48.5 Å². The number of nitrogens with zero attached hydrogens (tertiary/aromatic N) is 2. The summed E-state index contributed by atoms with van der Waals surface area (Å²) in [7, 11) is 0. The number of aryl methyl sites for hydroxylation is 2. The molecule has 3 heteroatoms. The Morgan fingerprint density at radius 1 is 0.485 bits per heavy atom. The van der Waals surface area contributed by atoms with Gasteiger partial charge in [0.2, 0.25) is 0 Å². The first-order valence-electron chi connectivity index (χ1n) is 11.9. The highest BCUT2D eigenvalue weighted by molar-refractivity contribution is 6.09. The first-order chi connectivity index (χ1) is 16.4. The lowest BCUT2D eigenvalue weighted by Crippen LogP contribution is -2.02. The van der Waals surface area contributed by atoms with E-state index in [1.54, 1.807) is 0 Å². The largest absolute Gasteiger partial charge is 0.372 e. The van der Waals surface area contributed by atoms with Gasteiger partial charge in [0.25, 0.3) is 0 Å². The predicted octanol–water partition coefficient (Wildman–Crippen LogP) is 7.41. The number of benzene rings is 4. The molecule has 10 rings (SSSR count). The zero-order valence-electron chi connectivity index (χ0n) is 18.6. The van der Waals surface area contributed by atoms with Gasteiger partial charge < -0.3 is 13.9 Å². The Morgan fingerprint density at radius 3 is 1.45 bits per heavy atom. The van der Waals surface area contributed by atoms with Crippen LogP contribution >= 0.6 is 0 Å². The number of hydrogen-bond acceptors (Lipinski definition) is 1. The molecule has 0 fully saturated rings. The van der Waals surface area contributed by atoms with E-state index in [1.165, 1.54) is 54.7 Å². The van der Waals surface area contributed by atoms with Gasteiger partial charge in [-0.25, -0.2) is 0 Å². The predicted molar refractivity (Wildman–Crippen MR) is 137 cm³/mol. The van der Waals surface area contributed by atoms with Crippen molar-refractivity contribution in [2.24, 2.45) is 0 Å². The number of rotatable bonds is 0. The molecule has 4 aliphatic heterocycles. The van der Waals surface area contributed by atoms with Gasteiger partial charge in [0, 0.05) is 56.7 Å². The summed E-state index contributed by atoms with van der Waals surface area (Å²) >= 11 is 0. The van der Waals surface area contributed by atoms with Crippen LogP contribution in [-0.2, 0) is 31.0 Å². The standard InChI is InChI=1S/C30H26N2O/c1-3-9-27-23(7-1)25-17-21-11-13-29(25)31(27)15-5-6-16-32-28-10-4-2-8-24(28)26-18-22(20-33-19-21)12-14-30(26)32/h1-4,7-14,17-18H,5-6,15-16,19-20H2. The summed E-state index contributed by atoms with van der Waals surface area (Å²) in [5, 5.41) is 5.34. The summed E-state index contributed by atoms with van der Waals surface area (Å²) in [4.78, 5) is 0. The fourth-order valence-corrected chi connectivity index (χ4v) is 5.69. The average molecular weight is 431 g/mol. The van der Waals surface area contributed by atoms with Crippen LogP contribution < -0.4 is 0 Å². The van der Waals surface area contributed by atoms with Crippen LogP contribution in [0.5, 0.6) is 0 Å². The Hall–Kier alpha value is -3.56. The molecule has 0 spiro atoms. The van der Waals surface area contributed by atoms with Crippen molar-refractivity contribution in [3.63, 3.8) is 0 Å². The molecule has 0 saturated heterocycles. The molecule has 0 radical (unpaired) electrons. The molecule has 0 atom stereocenters. The molecule has 0 N–H and O–H groups in total. The van der Waals surface area contributed by atoms with Gasteiger partial charge in [0.05, 0.1) is 13.2 Å². The first kappa shape index (κ1) is 19.0. The van der Waals surface area contributed by atoms with Gasteiger partial charge in [-0.15, -0.1) is 0 Å². The maximum absolute atomic E-state index is 6.19. The first-order valence-corrected chi connectivity index (χ1v) is 11.9. The normalized spacial score (nSPS) is 15.0. The topological polar surface area (TPSA) is 19.1 Å². The number of ether oxygens (including phenoxy) is 1. The van der Waals surface area contributed by atoms with Gasteiger partial charge in [0.1, 0.15) is 0 Å². The third kappa shape index (κ3) is 3.00. The summed E-state index contributed by atoms with van der Waals surface area (Å²) in [6.45, 7) is 3.30.